The van der Waals surface area contributed by atoms with Crippen LogP contribution < -0.4 is 5.32 Å². The maximum Gasteiger partial charge on any atom is 0.287 e. The van der Waals surface area contributed by atoms with Gasteiger partial charge < -0.3 is 0 Å². The van der Waals surface area contributed by atoms with Gasteiger partial charge in [-0.3, -0.25) is 15.4 Å². The third-order valence-corrected chi connectivity index (χ3v) is 2.27. The minimum atomic E-state index is -0.521. The van der Waals surface area contributed by atoms with Crippen molar-refractivity contribution in [3.63, 3.8) is 0 Å². The lowest BCUT2D eigenvalue weighted by Crippen LogP contribution is -1.93. The predicted molar refractivity (Wildman–Crippen MR) is 68.8 cm³/mol. The van der Waals surface area contributed by atoms with E-state index in [0.29, 0.717) is 5.82 Å². The molecule has 0 fully saturated rings. The number of anilines is 1. The van der Waals surface area contributed by atoms with E-state index < -0.39 is 4.92 Å². The lowest BCUT2D eigenvalue weighted by Gasteiger charge is -1.94. The van der Waals surface area contributed by atoms with Gasteiger partial charge in [-0.2, -0.15) is 0 Å². The van der Waals surface area contributed by atoms with Gasteiger partial charge in [0.25, 0.3) is 5.69 Å². The zero-order chi connectivity index (χ0) is 13.0. The van der Waals surface area contributed by atoms with Crippen LogP contribution in [0.25, 0.3) is 11.1 Å². The van der Waals surface area contributed by atoms with Gasteiger partial charge in [0.15, 0.2) is 0 Å². The van der Waals surface area contributed by atoms with Gasteiger partial charge >= 0.3 is 0 Å². The summed E-state index contributed by atoms with van der Waals surface area (Å²) in [4.78, 5) is 13.3. The summed E-state index contributed by atoms with van der Waals surface area (Å²) in [7, 11) is 0. The molecule has 0 bridgehead atoms. The van der Waals surface area contributed by atoms with Crippen LogP contribution in [-0.4, -0.2) is 9.91 Å². The van der Waals surface area contributed by atoms with Gasteiger partial charge in [0.1, 0.15) is 12.0 Å². The topological polar surface area (TPSA) is 68.1 Å². The molecule has 1 N–H and O–H groups in total. The summed E-state index contributed by atoms with van der Waals surface area (Å²) in [6, 6.07) is 13.4. The molecule has 5 nitrogen and oxygen atoms in total. The number of hydrogen-bond acceptors (Lipinski definition) is 4. The number of nitrogens with one attached hydrogen (secondary N) is 1. The monoisotopic (exact) mass is 239 g/mol. The number of pyridine rings is 1. The molecule has 2 aliphatic carbocycles. The Balaban J connectivity index is 0.000000164. The molecule has 0 saturated carbocycles. The molecule has 0 atom stereocenters. The van der Waals surface area contributed by atoms with Crippen molar-refractivity contribution >= 4 is 11.5 Å². The SMILES string of the molecule is C#CNc1ccc([N+](=O)[O-])cn1.c1cc2cc-2c1. The molecule has 5 heteroatoms. The second-order valence-corrected chi connectivity index (χ2v) is 3.51. The molecule has 0 aromatic carbocycles. The zero-order valence-electron chi connectivity index (χ0n) is 9.33. The molecule has 0 spiro atoms. The third-order valence-electron chi connectivity index (χ3n) is 2.27. The summed E-state index contributed by atoms with van der Waals surface area (Å²) in [5.41, 5.74) is 2.79. The molecule has 1 heterocycles. The normalized spacial score (nSPS) is 9.50. The molecule has 0 unspecified atom stereocenters. The van der Waals surface area contributed by atoms with Crippen LogP contribution in [0.15, 0.2) is 42.6 Å². The number of hydrogen-bond donors (Lipinski definition) is 1. The van der Waals surface area contributed by atoms with Gasteiger partial charge in [0, 0.05) is 12.1 Å². The largest absolute Gasteiger partial charge is 0.300 e. The second-order valence-electron chi connectivity index (χ2n) is 3.51. The lowest BCUT2D eigenvalue weighted by molar-refractivity contribution is -0.385. The molecule has 18 heavy (non-hydrogen) atoms. The van der Waals surface area contributed by atoms with E-state index in [0.717, 1.165) is 6.20 Å². The summed E-state index contributed by atoms with van der Waals surface area (Å²) in [5, 5.41) is 12.6. The van der Waals surface area contributed by atoms with Crippen LogP contribution in [0.4, 0.5) is 11.5 Å². The van der Waals surface area contributed by atoms with Crippen LogP contribution in [-0.2, 0) is 0 Å². The molecular weight excluding hydrogens is 230 g/mol. The highest BCUT2D eigenvalue weighted by molar-refractivity contribution is 5.80. The Bertz CT molecular complexity index is 598. The van der Waals surface area contributed by atoms with Crippen molar-refractivity contribution in [1.82, 2.24) is 4.98 Å². The zero-order valence-corrected chi connectivity index (χ0v) is 9.33. The molecule has 1 aromatic heterocycles. The minimum absolute atomic E-state index is 0.0578. The molecule has 0 radical (unpaired) electrons. The highest BCUT2D eigenvalue weighted by Crippen LogP contribution is 2.32. The van der Waals surface area contributed by atoms with Crippen molar-refractivity contribution in [2.24, 2.45) is 0 Å². The van der Waals surface area contributed by atoms with Crippen LogP contribution in [0.1, 0.15) is 0 Å². The Morgan fingerprint density at radius 1 is 1.28 bits per heavy atom. The Hall–Kier alpha value is -2.87. The Kier molecular flexibility index (Phi) is 3.21. The molecule has 3 rings (SSSR count). The van der Waals surface area contributed by atoms with E-state index in [1.165, 1.54) is 23.3 Å². The maximum absolute atomic E-state index is 10.2. The van der Waals surface area contributed by atoms with Crippen molar-refractivity contribution in [1.29, 1.82) is 0 Å². The van der Waals surface area contributed by atoms with Crippen LogP contribution in [0.3, 0.4) is 0 Å². The molecule has 2 aliphatic rings. The van der Waals surface area contributed by atoms with Crippen LogP contribution in [0, 0.1) is 22.6 Å². The van der Waals surface area contributed by atoms with E-state index >= 15 is 0 Å². The van der Waals surface area contributed by atoms with E-state index in [4.69, 9.17) is 6.42 Å². The lowest BCUT2D eigenvalue weighted by atomic mass is 10.4. The molecule has 0 aliphatic heterocycles. The van der Waals surface area contributed by atoms with E-state index in [1.807, 2.05) is 0 Å². The summed E-state index contributed by atoms with van der Waals surface area (Å²) in [6.07, 6.45) is 6.06. The van der Waals surface area contributed by atoms with E-state index in [9.17, 15) is 10.1 Å². The van der Waals surface area contributed by atoms with Crippen LogP contribution in [0.2, 0.25) is 0 Å². The molecule has 1 aromatic rings. The fourth-order valence-corrected chi connectivity index (χ4v) is 1.32. The van der Waals surface area contributed by atoms with Crippen molar-refractivity contribution in [3.8, 4) is 23.6 Å². The quantitative estimate of drug-likeness (QED) is 0.323. The average molecular weight is 239 g/mol. The van der Waals surface area contributed by atoms with Crippen LogP contribution >= 0.6 is 0 Å². The van der Waals surface area contributed by atoms with Crippen molar-refractivity contribution in [3.05, 3.63) is 52.7 Å². The number of nitro groups is 1. The first-order valence-corrected chi connectivity index (χ1v) is 5.13. The number of benzene rings is 1. The molecule has 88 valence electrons. The Morgan fingerprint density at radius 3 is 2.33 bits per heavy atom. The first-order chi connectivity index (χ1) is 8.70. The number of nitrogens with zero attached hydrogens (tertiary/aromatic N) is 2. The summed E-state index contributed by atoms with van der Waals surface area (Å²) >= 11 is 0. The molecule has 0 saturated heterocycles. The van der Waals surface area contributed by atoms with Gasteiger partial charge in [-0.15, -0.1) is 0 Å². The van der Waals surface area contributed by atoms with E-state index in [2.05, 4.69) is 40.6 Å². The van der Waals surface area contributed by atoms with E-state index in [-0.39, 0.29) is 5.69 Å². The number of fused-ring (bicyclic) bond motifs is 1. The van der Waals surface area contributed by atoms with Gasteiger partial charge in [-0.1, -0.05) is 24.6 Å². The highest BCUT2D eigenvalue weighted by Gasteiger charge is 2.07. The number of aromatic nitrogens is 1. The fourth-order valence-electron chi connectivity index (χ4n) is 1.32. The standard InChI is InChI=1S/C7H5N3O2.C6H4/c1-2-8-7-4-3-6(5-9-7)10(11)12;1-2-5-4-6(5)3-1/h1,3-5H,(H,8,9);1-4H. The maximum atomic E-state index is 10.2. The number of rotatable bonds is 2. The Morgan fingerprint density at radius 2 is 2.00 bits per heavy atom. The van der Waals surface area contributed by atoms with Crippen molar-refractivity contribution in [2.45, 2.75) is 0 Å². The smallest absolute Gasteiger partial charge is 0.287 e. The summed E-state index contributed by atoms with van der Waals surface area (Å²) < 4.78 is 0. The first kappa shape index (κ1) is 11.6. The minimum Gasteiger partial charge on any atom is -0.300 e. The van der Waals surface area contributed by atoms with Gasteiger partial charge in [0.2, 0.25) is 0 Å². The van der Waals surface area contributed by atoms with Crippen molar-refractivity contribution < 1.29 is 4.92 Å². The molecular formula is C13H9N3O2. The number of terminal acetylenes is 1. The average Bonchev–Trinajstić information content (AvgIpc) is 2.98. The highest BCUT2D eigenvalue weighted by atomic mass is 16.6. The van der Waals surface area contributed by atoms with Crippen molar-refractivity contribution in [2.75, 3.05) is 5.32 Å². The Labute approximate surface area is 104 Å². The third kappa shape index (κ3) is 2.83. The second kappa shape index (κ2) is 4.97. The van der Waals surface area contributed by atoms with Gasteiger partial charge in [0.05, 0.1) is 4.92 Å². The van der Waals surface area contributed by atoms with Crippen LogP contribution in [0.5, 0.6) is 0 Å². The summed E-state index contributed by atoms with van der Waals surface area (Å²) in [6.45, 7) is 0. The van der Waals surface area contributed by atoms with E-state index in [1.54, 1.807) is 0 Å². The van der Waals surface area contributed by atoms with Gasteiger partial charge in [-0.05, 0) is 23.3 Å². The predicted octanol–water partition coefficient (Wildman–Crippen LogP) is 2.66. The first-order valence-electron chi connectivity index (χ1n) is 5.13. The fraction of sp³-hybridized carbons (Fsp3) is 0. The summed E-state index contributed by atoms with van der Waals surface area (Å²) in [5.74, 6) is 0.420. The van der Waals surface area contributed by atoms with Gasteiger partial charge in [-0.25, -0.2) is 4.98 Å². The molecule has 0 amide bonds.